The van der Waals surface area contributed by atoms with Crippen molar-refractivity contribution in [1.82, 2.24) is 14.9 Å². The first-order chi connectivity index (χ1) is 9.72. The predicted octanol–water partition coefficient (Wildman–Crippen LogP) is 2.62. The lowest BCUT2D eigenvalue weighted by Crippen LogP contribution is -2.26. The van der Waals surface area contributed by atoms with Gasteiger partial charge in [0.15, 0.2) is 0 Å². The monoisotopic (exact) mass is 287 g/mol. The van der Waals surface area contributed by atoms with Gasteiger partial charge in [-0.25, -0.2) is 4.98 Å². The van der Waals surface area contributed by atoms with E-state index in [1.807, 2.05) is 16.5 Å². The fourth-order valence-electron chi connectivity index (χ4n) is 2.69. The molecule has 0 aromatic carbocycles. The summed E-state index contributed by atoms with van der Waals surface area (Å²) >= 11 is 1.61. The van der Waals surface area contributed by atoms with Crippen LogP contribution in [0.1, 0.15) is 18.9 Å². The van der Waals surface area contributed by atoms with E-state index in [0.29, 0.717) is 5.92 Å². The molecule has 1 aliphatic heterocycles. The molecule has 20 heavy (non-hydrogen) atoms. The third kappa shape index (κ3) is 2.88. The summed E-state index contributed by atoms with van der Waals surface area (Å²) in [6.07, 6.45) is 5.75. The molecular weight excluding hydrogens is 270 g/mol. The first-order valence-corrected chi connectivity index (χ1v) is 7.70. The van der Waals surface area contributed by atoms with Crippen LogP contribution in [0.3, 0.4) is 0 Å². The molecule has 1 atom stereocenters. The highest BCUT2D eigenvalue weighted by Crippen LogP contribution is 2.24. The molecule has 0 aliphatic carbocycles. The van der Waals surface area contributed by atoms with Gasteiger partial charge in [-0.1, -0.05) is 0 Å². The van der Waals surface area contributed by atoms with Crippen molar-refractivity contribution in [3.63, 3.8) is 0 Å². The first-order valence-electron chi connectivity index (χ1n) is 6.82. The molecule has 3 heterocycles. The van der Waals surface area contributed by atoms with Crippen LogP contribution in [-0.2, 0) is 11.2 Å². The molecule has 1 saturated heterocycles. The van der Waals surface area contributed by atoms with Crippen molar-refractivity contribution in [3.8, 4) is 10.7 Å². The first kappa shape index (κ1) is 13.2. The number of nitrogens with zero attached hydrogens (tertiary/aromatic N) is 3. The molecular formula is C15H17N3OS. The number of hydrogen-bond donors (Lipinski definition) is 0. The van der Waals surface area contributed by atoms with E-state index in [4.69, 9.17) is 0 Å². The number of aromatic nitrogens is 2. The van der Waals surface area contributed by atoms with E-state index in [9.17, 15) is 4.79 Å². The van der Waals surface area contributed by atoms with Crippen molar-refractivity contribution in [2.45, 2.75) is 19.8 Å². The lowest BCUT2D eigenvalue weighted by Gasteiger charge is -2.14. The van der Waals surface area contributed by atoms with Crippen LogP contribution in [0.5, 0.6) is 0 Å². The zero-order chi connectivity index (χ0) is 13.9. The summed E-state index contributed by atoms with van der Waals surface area (Å²) in [5, 5.41) is 2.93. The largest absolute Gasteiger partial charge is 0.343 e. The maximum Gasteiger partial charge on any atom is 0.219 e. The minimum absolute atomic E-state index is 0.186. The van der Waals surface area contributed by atoms with Crippen LogP contribution in [0.2, 0.25) is 0 Å². The normalized spacial score (nSPS) is 18.4. The molecule has 1 fully saturated rings. The van der Waals surface area contributed by atoms with Crippen molar-refractivity contribution in [1.29, 1.82) is 0 Å². The van der Waals surface area contributed by atoms with E-state index in [0.717, 1.165) is 36.6 Å². The summed E-state index contributed by atoms with van der Waals surface area (Å²) in [4.78, 5) is 22.0. The average molecular weight is 287 g/mol. The third-order valence-corrected chi connectivity index (χ3v) is 4.53. The fourth-order valence-corrected chi connectivity index (χ4v) is 3.29. The molecule has 0 radical (unpaired) electrons. The maximum atomic E-state index is 11.4. The molecule has 0 unspecified atom stereocenters. The molecule has 2 aromatic rings. The molecule has 0 N–H and O–H groups in total. The van der Waals surface area contributed by atoms with Gasteiger partial charge < -0.3 is 4.90 Å². The van der Waals surface area contributed by atoms with Gasteiger partial charge in [0, 0.05) is 37.8 Å². The molecule has 1 aliphatic rings. The van der Waals surface area contributed by atoms with Crippen LogP contribution in [-0.4, -0.2) is 33.9 Å². The summed E-state index contributed by atoms with van der Waals surface area (Å²) in [5.41, 5.74) is 2.22. The topological polar surface area (TPSA) is 46.1 Å². The quantitative estimate of drug-likeness (QED) is 0.871. The van der Waals surface area contributed by atoms with Crippen molar-refractivity contribution >= 4 is 17.2 Å². The molecule has 0 saturated carbocycles. The number of amides is 1. The van der Waals surface area contributed by atoms with Crippen LogP contribution in [0.15, 0.2) is 29.9 Å². The number of likely N-dealkylation sites (tertiary alicyclic amines) is 1. The second kappa shape index (κ2) is 5.71. The summed E-state index contributed by atoms with van der Waals surface area (Å²) in [5.74, 6) is 0.746. The second-order valence-corrected chi connectivity index (χ2v) is 6.11. The van der Waals surface area contributed by atoms with E-state index >= 15 is 0 Å². The Balaban J connectivity index is 1.70. The summed E-state index contributed by atoms with van der Waals surface area (Å²) < 4.78 is 0. The van der Waals surface area contributed by atoms with Gasteiger partial charge in [-0.3, -0.25) is 9.78 Å². The van der Waals surface area contributed by atoms with E-state index in [-0.39, 0.29) is 5.91 Å². The van der Waals surface area contributed by atoms with Crippen molar-refractivity contribution < 1.29 is 4.79 Å². The molecule has 3 rings (SSSR count). The number of thiazole rings is 1. The third-order valence-electron chi connectivity index (χ3n) is 3.73. The Labute approximate surface area is 122 Å². The fraction of sp³-hybridized carbons (Fsp3) is 0.400. The van der Waals surface area contributed by atoms with Gasteiger partial charge in [0.05, 0.1) is 5.69 Å². The van der Waals surface area contributed by atoms with Crippen molar-refractivity contribution in [3.05, 3.63) is 35.5 Å². The number of rotatable bonds is 3. The SMILES string of the molecule is CC(=O)N1CC[C@@H](Cc2ccnc(-c3nccs3)c2)C1. The number of carbonyl (C=O) groups excluding carboxylic acids is 1. The van der Waals surface area contributed by atoms with Crippen LogP contribution in [0.4, 0.5) is 0 Å². The molecule has 1 amide bonds. The molecule has 0 bridgehead atoms. The average Bonchev–Trinajstić information content (AvgIpc) is 3.10. The lowest BCUT2D eigenvalue weighted by atomic mass is 9.99. The van der Waals surface area contributed by atoms with E-state index < -0.39 is 0 Å². The van der Waals surface area contributed by atoms with Crippen molar-refractivity contribution in [2.24, 2.45) is 5.92 Å². The van der Waals surface area contributed by atoms with Gasteiger partial charge in [-0.05, 0) is 36.5 Å². The zero-order valence-corrected chi connectivity index (χ0v) is 12.3. The molecule has 0 spiro atoms. The highest BCUT2D eigenvalue weighted by molar-refractivity contribution is 7.13. The predicted molar refractivity (Wildman–Crippen MR) is 79.4 cm³/mol. The van der Waals surface area contributed by atoms with Crippen LogP contribution < -0.4 is 0 Å². The van der Waals surface area contributed by atoms with Gasteiger partial charge in [-0.15, -0.1) is 11.3 Å². The van der Waals surface area contributed by atoms with Gasteiger partial charge in [-0.2, -0.15) is 0 Å². The zero-order valence-electron chi connectivity index (χ0n) is 11.5. The highest BCUT2D eigenvalue weighted by atomic mass is 32.1. The second-order valence-electron chi connectivity index (χ2n) is 5.21. The standard InChI is InChI=1S/C15H17N3OS/c1-11(19)18-6-3-13(10-18)8-12-2-4-16-14(9-12)15-17-5-7-20-15/h2,4-5,7,9,13H,3,6,8,10H2,1H3/t13-/m0/s1. The smallest absolute Gasteiger partial charge is 0.219 e. The minimum Gasteiger partial charge on any atom is -0.343 e. The van der Waals surface area contributed by atoms with Gasteiger partial charge >= 0.3 is 0 Å². The Morgan fingerprint density at radius 2 is 2.35 bits per heavy atom. The number of carbonyl (C=O) groups is 1. The van der Waals surface area contributed by atoms with Gasteiger partial charge in [0.2, 0.25) is 5.91 Å². The van der Waals surface area contributed by atoms with Crippen LogP contribution in [0.25, 0.3) is 10.7 Å². The molecule has 4 nitrogen and oxygen atoms in total. The van der Waals surface area contributed by atoms with Crippen LogP contribution >= 0.6 is 11.3 Å². The Morgan fingerprint density at radius 1 is 1.45 bits per heavy atom. The van der Waals surface area contributed by atoms with Gasteiger partial charge in [0.25, 0.3) is 0 Å². The van der Waals surface area contributed by atoms with Crippen LogP contribution in [0, 0.1) is 5.92 Å². The van der Waals surface area contributed by atoms with E-state index in [2.05, 4.69) is 22.1 Å². The summed E-state index contributed by atoms with van der Waals surface area (Å²) in [7, 11) is 0. The van der Waals surface area contributed by atoms with E-state index in [1.54, 1.807) is 24.5 Å². The van der Waals surface area contributed by atoms with E-state index in [1.165, 1.54) is 5.56 Å². The van der Waals surface area contributed by atoms with Crippen molar-refractivity contribution in [2.75, 3.05) is 13.1 Å². The Morgan fingerprint density at radius 3 is 3.05 bits per heavy atom. The maximum absolute atomic E-state index is 11.4. The Kier molecular flexibility index (Phi) is 3.78. The summed E-state index contributed by atoms with van der Waals surface area (Å²) in [6, 6.07) is 4.18. The Hall–Kier alpha value is -1.75. The summed E-state index contributed by atoms with van der Waals surface area (Å²) in [6.45, 7) is 3.42. The lowest BCUT2D eigenvalue weighted by molar-refractivity contribution is -0.127. The number of hydrogen-bond acceptors (Lipinski definition) is 4. The van der Waals surface area contributed by atoms with Gasteiger partial charge in [0.1, 0.15) is 5.01 Å². The number of pyridine rings is 1. The molecule has 2 aromatic heterocycles. The molecule has 5 heteroatoms. The Bertz CT molecular complexity index is 597. The minimum atomic E-state index is 0.186. The molecule has 104 valence electrons. The highest BCUT2D eigenvalue weighted by Gasteiger charge is 2.24.